The summed E-state index contributed by atoms with van der Waals surface area (Å²) >= 11 is 3.32. The first kappa shape index (κ1) is 14.7. The molecule has 1 aliphatic carbocycles. The monoisotopic (exact) mass is 336 g/mol. The van der Waals surface area contributed by atoms with Gasteiger partial charge in [0.1, 0.15) is 4.83 Å². The van der Waals surface area contributed by atoms with E-state index in [0.717, 1.165) is 53.4 Å². The Bertz CT molecular complexity index is 746. The Hall–Kier alpha value is -0.850. The summed E-state index contributed by atoms with van der Waals surface area (Å²) in [6.07, 6.45) is 5.85. The predicted molar refractivity (Wildman–Crippen MR) is 91.1 cm³/mol. The van der Waals surface area contributed by atoms with E-state index in [1.165, 1.54) is 16.9 Å². The van der Waals surface area contributed by atoms with Gasteiger partial charge in [0.2, 0.25) is 0 Å². The number of aromatic nitrogens is 2. The van der Waals surface area contributed by atoms with E-state index in [0.29, 0.717) is 12.0 Å². The fourth-order valence-electron chi connectivity index (χ4n) is 3.35. The SMILES string of the molecule is C[C@@H]1CCc2c(sc3nc(SC[C@@H]4CCCO4)[nH]c(=O)c23)C1. The van der Waals surface area contributed by atoms with Gasteiger partial charge < -0.3 is 9.72 Å². The quantitative estimate of drug-likeness (QED) is 0.689. The molecule has 3 heterocycles. The van der Waals surface area contributed by atoms with Crippen molar-refractivity contribution in [2.24, 2.45) is 5.92 Å². The Labute approximate surface area is 137 Å². The van der Waals surface area contributed by atoms with Crippen molar-refractivity contribution in [2.45, 2.75) is 50.3 Å². The summed E-state index contributed by atoms with van der Waals surface area (Å²) in [5.41, 5.74) is 1.29. The van der Waals surface area contributed by atoms with E-state index in [2.05, 4.69) is 11.9 Å². The van der Waals surface area contributed by atoms with Crippen LogP contribution in [0.1, 0.15) is 36.6 Å². The van der Waals surface area contributed by atoms with Gasteiger partial charge >= 0.3 is 0 Å². The van der Waals surface area contributed by atoms with Crippen LogP contribution in [0.5, 0.6) is 0 Å². The molecule has 2 aromatic heterocycles. The first-order chi connectivity index (χ1) is 10.7. The standard InChI is InChI=1S/C16H20N2O2S2/c1-9-4-5-11-12(7-9)22-15-13(11)14(19)17-16(18-15)21-8-10-3-2-6-20-10/h9-10H,2-8H2,1H3,(H,17,18,19)/t9-,10+/m1/s1. The van der Waals surface area contributed by atoms with Crippen LogP contribution in [-0.2, 0) is 17.6 Å². The van der Waals surface area contributed by atoms with Gasteiger partial charge in [-0.1, -0.05) is 18.7 Å². The number of H-pyrrole nitrogens is 1. The van der Waals surface area contributed by atoms with Crippen LogP contribution in [0.25, 0.3) is 10.2 Å². The van der Waals surface area contributed by atoms with Crippen molar-refractivity contribution in [1.29, 1.82) is 0 Å². The number of thioether (sulfide) groups is 1. The van der Waals surface area contributed by atoms with Crippen LogP contribution in [0.15, 0.2) is 9.95 Å². The Kier molecular flexibility index (Phi) is 4.00. The van der Waals surface area contributed by atoms with E-state index in [4.69, 9.17) is 9.72 Å². The van der Waals surface area contributed by atoms with Crippen molar-refractivity contribution in [2.75, 3.05) is 12.4 Å². The number of aryl methyl sites for hydroxylation is 1. The number of hydrogen-bond donors (Lipinski definition) is 1. The molecule has 0 unspecified atom stereocenters. The molecule has 2 aliphatic rings. The molecule has 1 fully saturated rings. The normalized spacial score (nSPS) is 24.8. The van der Waals surface area contributed by atoms with Crippen molar-refractivity contribution in [3.05, 3.63) is 20.8 Å². The van der Waals surface area contributed by atoms with E-state index >= 15 is 0 Å². The molecule has 22 heavy (non-hydrogen) atoms. The van der Waals surface area contributed by atoms with Crippen LogP contribution >= 0.6 is 23.1 Å². The van der Waals surface area contributed by atoms with Crippen LogP contribution < -0.4 is 5.56 Å². The van der Waals surface area contributed by atoms with Gasteiger partial charge in [-0.3, -0.25) is 4.79 Å². The third-order valence-electron chi connectivity index (χ3n) is 4.57. The second-order valence-electron chi connectivity index (χ2n) is 6.35. The highest BCUT2D eigenvalue weighted by Crippen LogP contribution is 2.36. The maximum absolute atomic E-state index is 12.5. The Balaban J connectivity index is 1.63. The minimum absolute atomic E-state index is 0.0342. The molecule has 0 bridgehead atoms. The van der Waals surface area contributed by atoms with E-state index in [1.807, 2.05) is 0 Å². The summed E-state index contributed by atoms with van der Waals surface area (Å²) in [7, 11) is 0. The van der Waals surface area contributed by atoms with Crippen LogP contribution in [0.4, 0.5) is 0 Å². The molecule has 2 atom stereocenters. The van der Waals surface area contributed by atoms with E-state index in [-0.39, 0.29) is 5.56 Å². The zero-order valence-electron chi connectivity index (χ0n) is 12.7. The van der Waals surface area contributed by atoms with Gasteiger partial charge in [-0.25, -0.2) is 4.98 Å². The highest BCUT2D eigenvalue weighted by molar-refractivity contribution is 7.99. The Morgan fingerprint density at radius 3 is 3.18 bits per heavy atom. The van der Waals surface area contributed by atoms with E-state index in [9.17, 15) is 4.79 Å². The summed E-state index contributed by atoms with van der Waals surface area (Å²) in [5, 5.41) is 1.58. The van der Waals surface area contributed by atoms with Gasteiger partial charge in [-0.05, 0) is 43.6 Å². The number of nitrogens with one attached hydrogen (secondary N) is 1. The molecular formula is C16H20N2O2S2. The maximum Gasteiger partial charge on any atom is 0.260 e. The Morgan fingerprint density at radius 2 is 2.36 bits per heavy atom. The largest absolute Gasteiger partial charge is 0.377 e. The maximum atomic E-state index is 12.5. The fraction of sp³-hybridized carbons (Fsp3) is 0.625. The molecule has 4 nitrogen and oxygen atoms in total. The molecule has 1 saturated heterocycles. The van der Waals surface area contributed by atoms with Crippen molar-refractivity contribution in [1.82, 2.24) is 9.97 Å². The number of thiophene rings is 1. The lowest BCUT2D eigenvalue weighted by Crippen LogP contribution is -2.14. The minimum Gasteiger partial charge on any atom is -0.377 e. The lowest BCUT2D eigenvalue weighted by molar-refractivity contribution is 0.129. The molecule has 0 saturated carbocycles. The summed E-state index contributed by atoms with van der Waals surface area (Å²) < 4.78 is 5.63. The topological polar surface area (TPSA) is 55.0 Å². The molecule has 118 valence electrons. The summed E-state index contributed by atoms with van der Waals surface area (Å²) in [6.45, 7) is 3.15. The van der Waals surface area contributed by atoms with Crippen molar-refractivity contribution in [3.63, 3.8) is 0 Å². The fourth-order valence-corrected chi connectivity index (χ4v) is 5.71. The zero-order valence-corrected chi connectivity index (χ0v) is 14.3. The van der Waals surface area contributed by atoms with Gasteiger partial charge in [-0.2, -0.15) is 0 Å². The molecule has 4 rings (SSSR count). The molecule has 0 radical (unpaired) electrons. The molecule has 0 aromatic carbocycles. The molecule has 0 amide bonds. The molecule has 6 heteroatoms. The van der Waals surface area contributed by atoms with E-state index < -0.39 is 0 Å². The number of fused-ring (bicyclic) bond motifs is 3. The number of aromatic amines is 1. The van der Waals surface area contributed by atoms with E-state index in [1.54, 1.807) is 23.1 Å². The predicted octanol–water partition coefficient (Wildman–Crippen LogP) is 3.38. The second-order valence-corrected chi connectivity index (χ2v) is 8.44. The van der Waals surface area contributed by atoms with Gasteiger partial charge in [0.05, 0.1) is 11.5 Å². The number of rotatable bonds is 3. The lowest BCUT2D eigenvalue weighted by atomic mass is 9.89. The molecule has 2 aromatic rings. The van der Waals surface area contributed by atoms with Crippen LogP contribution in [0.2, 0.25) is 0 Å². The summed E-state index contributed by atoms with van der Waals surface area (Å²) in [6, 6.07) is 0. The second kappa shape index (κ2) is 5.98. The van der Waals surface area contributed by atoms with Crippen LogP contribution in [-0.4, -0.2) is 28.4 Å². The van der Waals surface area contributed by atoms with Crippen LogP contribution in [0.3, 0.4) is 0 Å². The van der Waals surface area contributed by atoms with Crippen molar-refractivity contribution < 1.29 is 4.74 Å². The summed E-state index contributed by atoms with van der Waals surface area (Å²) in [5.74, 6) is 1.59. The third-order valence-corrected chi connectivity index (χ3v) is 6.73. The highest BCUT2D eigenvalue weighted by Gasteiger charge is 2.23. The van der Waals surface area contributed by atoms with Crippen molar-refractivity contribution >= 4 is 33.3 Å². The van der Waals surface area contributed by atoms with Gasteiger partial charge in [0.15, 0.2) is 5.16 Å². The number of nitrogens with zero attached hydrogens (tertiary/aromatic N) is 1. The zero-order chi connectivity index (χ0) is 15.1. The van der Waals surface area contributed by atoms with Crippen LogP contribution in [0, 0.1) is 5.92 Å². The lowest BCUT2D eigenvalue weighted by Gasteiger charge is -2.17. The molecule has 0 spiro atoms. The average Bonchev–Trinajstić information content (AvgIpc) is 3.11. The minimum atomic E-state index is 0.0342. The molecule has 1 N–H and O–H groups in total. The first-order valence-electron chi connectivity index (χ1n) is 7.99. The van der Waals surface area contributed by atoms with Crippen molar-refractivity contribution in [3.8, 4) is 0 Å². The summed E-state index contributed by atoms with van der Waals surface area (Å²) in [4.78, 5) is 22.4. The first-order valence-corrected chi connectivity index (χ1v) is 9.80. The molecular weight excluding hydrogens is 316 g/mol. The average molecular weight is 336 g/mol. The highest BCUT2D eigenvalue weighted by atomic mass is 32.2. The Morgan fingerprint density at radius 1 is 1.45 bits per heavy atom. The number of ether oxygens (including phenoxy) is 1. The smallest absolute Gasteiger partial charge is 0.260 e. The van der Waals surface area contributed by atoms with Gasteiger partial charge in [-0.15, -0.1) is 11.3 Å². The van der Waals surface area contributed by atoms with Gasteiger partial charge in [0, 0.05) is 17.2 Å². The molecule has 1 aliphatic heterocycles. The third kappa shape index (κ3) is 2.72. The van der Waals surface area contributed by atoms with Gasteiger partial charge in [0.25, 0.3) is 5.56 Å². The number of hydrogen-bond acceptors (Lipinski definition) is 5.